The molecular formula is C18H31NO2. The molecule has 0 N–H and O–H groups in total. The summed E-state index contributed by atoms with van der Waals surface area (Å²) in [5, 5.41) is 10.1. The van der Waals surface area contributed by atoms with E-state index in [2.05, 4.69) is 28.1 Å². The molecule has 0 amide bonds. The van der Waals surface area contributed by atoms with Gasteiger partial charge in [-0.1, -0.05) is 62.9 Å². The number of benzene rings is 1. The van der Waals surface area contributed by atoms with E-state index in [0.29, 0.717) is 0 Å². The highest BCUT2D eigenvalue weighted by Gasteiger charge is 2.04. The van der Waals surface area contributed by atoms with Crippen molar-refractivity contribution in [2.45, 2.75) is 45.4 Å². The van der Waals surface area contributed by atoms with Crippen LogP contribution in [0.2, 0.25) is 0 Å². The van der Waals surface area contributed by atoms with E-state index >= 15 is 0 Å². The fraction of sp³-hybridized carbons (Fsp3) is 0.611. The van der Waals surface area contributed by atoms with Crippen molar-refractivity contribution in [3.05, 3.63) is 35.9 Å². The van der Waals surface area contributed by atoms with E-state index in [-0.39, 0.29) is 5.56 Å². The summed E-state index contributed by atoms with van der Waals surface area (Å²) in [6.45, 7) is 3.60. The number of aromatic carboxylic acids is 1. The number of quaternary nitrogens is 1. The quantitative estimate of drug-likeness (QED) is 0.546. The van der Waals surface area contributed by atoms with Crippen LogP contribution in [-0.2, 0) is 0 Å². The Kier molecular flexibility index (Phi) is 10.6. The molecule has 1 aromatic carbocycles. The molecule has 3 nitrogen and oxygen atoms in total. The summed E-state index contributed by atoms with van der Waals surface area (Å²) < 4.78 is 1.12. The number of rotatable bonds is 8. The molecule has 3 heteroatoms. The van der Waals surface area contributed by atoms with E-state index in [1.54, 1.807) is 18.2 Å². The molecule has 0 saturated carbocycles. The summed E-state index contributed by atoms with van der Waals surface area (Å²) >= 11 is 0. The first-order valence-corrected chi connectivity index (χ1v) is 7.93. The first-order chi connectivity index (χ1) is 9.87. The van der Waals surface area contributed by atoms with E-state index in [1.165, 1.54) is 57.2 Å². The van der Waals surface area contributed by atoms with Gasteiger partial charge >= 0.3 is 0 Å². The lowest BCUT2D eigenvalue weighted by Gasteiger charge is -2.23. The molecule has 0 radical (unpaired) electrons. The lowest BCUT2D eigenvalue weighted by atomic mass is 10.1. The maximum atomic E-state index is 10.1. The van der Waals surface area contributed by atoms with E-state index in [9.17, 15) is 9.90 Å². The molecule has 0 bridgehead atoms. The molecule has 1 aromatic rings. The molecule has 1 rings (SSSR count). The highest BCUT2D eigenvalue weighted by atomic mass is 16.4. The average Bonchev–Trinajstić information content (AvgIpc) is 2.43. The Labute approximate surface area is 130 Å². The molecule has 0 heterocycles. The van der Waals surface area contributed by atoms with Crippen molar-refractivity contribution in [3.8, 4) is 0 Å². The number of carbonyl (C=O) groups is 1. The number of unbranched alkanes of at least 4 members (excludes halogenated alkanes) is 5. The molecule has 0 atom stereocenters. The van der Waals surface area contributed by atoms with Gasteiger partial charge in [0.15, 0.2) is 0 Å². The fourth-order valence-corrected chi connectivity index (χ4v) is 1.94. The van der Waals surface area contributed by atoms with Crippen LogP contribution in [0.4, 0.5) is 0 Å². The van der Waals surface area contributed by atoms with Crippen LogP contribution in [0.1, 0.15) is 55.8 Å². The monoisotopic (exact) mass is 293 g/mol. The Morgan fingerprint density at radius 1 is 0.952 bits per heavy atom. The standard InChI is InChI=1S/C11H26N.C7H6O2/c1-5-6-7-8-9-10-11-12(2,3)4;8-7(9)6-4-2-1-3-5-6/h5-11H2,1-4H3;1-5H,(H,8,9)/q+1;/p-1. The molecule has 21 heavy (non-hydrogen) atoms. The van der Waals surface area contributed by atoms with E-state index in [0.717, 1.165) is 4.48 Å². The van der Waals surface area contributed by atoms with Crippen molar-refractivity contribution >= 4 is 5.97 Å². The van der Waals surface area contributed by atoms with Gasteiger partial charge in [0.25, 0.3) is 0 Å². The third kappa shape index (κ3) is 13.4. The summed E-state index contributed by atoms with van der Waals surface area (Å²) in [4.78, 5) is 10.1. The largest absolute Gasteiger partial charge is 0.545 e. The summed E-state index contributed by atoms with van der Waals surface area (Å²) in [7, 11) is 6.81. The molecule has 0 spiro atoms. The first-order valence-electron chi connectivity index (χ1n) is 7.93. The second kappa shape index (κ2) is 11.3. The van der Waals surface area contributed by atoms with Gasteiger partial charge in [-0.05, 0) is 18.4 Å². The molecule has 0 unspecified atom stereocenters. The lowest BCUT2D eigenvalue weighted by Crippen LogP contribution is -2.35. The van der Waals surface area contributed by atoms with Gasteiger partial charge in [0.05, 0.1) is 33.7 Å². The number of hydrogen-bond acceptors (Lipinski definition) is 2. The number of carbonyl (C=O) groups excluding carboxylic acids is 1. The molecule has 0 fully saturated rings. The maximum Gasteiger partial charge on any atom is 0.0780 e. The Balaban J connectivity index is 0.000000394. The van der Waals surface area contributed by atoms with Gasteiger partial charge in [0.1, 0.15) is 0 Å². The van der Waals surface area contributed by atoms with Crippen molar-refractivity contribution in [1.29, 1.82) is 0 Å². The topological polar surface area (TPSA) is 40.1 Å². The zero-order chi connectivity index (χ0) is 16.1. The van der Waals surface area contributed by atoms with Crippen molar-refractivity contribution < 1.29 is 14.4 Å². The number of carboxylic acid groups (broad SMARTS) is 1. The smallest absolute Gasteiger partial charge is 0.0780 e. The molecule has 0 aromatic heterocycles. The Bertz CT molecular complexity index is 369. The Hall–Kier alpha value is -1.35. The van der Waals surface area contributed by atoms with Gasteiger partial charge in [-0.25, -0.2) is 0 Å². The van der Waals surface area contributed by atoms with Crippen molar-refractivity contribution in [3.63, 3.8) is 0 Å². The predicted molar refractivity (Wildman–Crippen MR) is 87.0 cm³/mol. The second-order valence-electron chi connectivity index (χ2n) is 6.44. The van der Waals surface area contributed by atoms with Gasteiger partial charge in [-0.15, -0.1) is 0 Å². The van der Waals surface area contributed by atoms with Gasteiger partial charge in [0, 0.05) is 0 Å². The Morgan fingerprint density at radius 3 is 1.90 bits per heavy atom. The van der Waals surface area contributed by atoms with E-state index in [1.807, 2.05) is 0 Å². The van der Waals surface area contributed by atoms with Crippen molar-refractivity contribution in [1.82, 2.24) is 0 Å². The second-order valence-corrected chi connectivity index (χ2v) is 6.44. The van der Waals surface area contributed by atoms with Crippen LogP contribution in [0, 0.1) is 0 Å². The summed E-state index contributed by atoms with van der Waals surface area (Å²) in [6.07, 6.45) is 8.48. The highest BCUT2D eigenvalue weighted by Crippen LogP contribution is 2.06. The lowest BCUT2D eigenvalue weighted by molar-refractivity contribution is -0.870. The van der Waals surface area contributed by atoms with Gasteiger partial charge in [0.2, 0.25) is 0 Å². The number of carboxylic acids is 1. The normalized spacial score (nSPS) is 10.7. The number of nitrogens with zero attached hydrogens (tertiary/aromatic N) is 1. The van der Waals surface area contributed by atoms with Crippen LogP contribution in [0.3, 0.4) is 0 Å². The fourth-order valence-electron chi connectivity index (χ4n) is 1.94. The van der Waals surface area contributed by atoms with Gasteiger partial charge < -0.3 is 14.4 Å². The minimum atomic E-state index is -1.13. The van der Waals surface area contributed by atoms with Crippen molar-refractivity contribution in [2.24, 2.45) is 0 Å². The third-order valence-corrected chi connectivity index (χ3v) is 3.19. The van der Waals surface area contributed by atoms with Crippen LogP contribution < -0.4 is 5.11 Å². The highest BCUT2D eigenvalue weighted by molar-refractivity contribution is 5.85. The van der Waals surface area contributed by atoms with Crippen molar-refractivity contribution in [2.75, 3.05) is 27.7 Å². The van der Waals surface area contributed by atoms with Gasteiger partial charge in [-0.3, -0.25) is 0 Å². The zero-order valence-corrected chi connectivity index (χ0v) is 14.1. The van der Waals surface area contributed by atoms with Crippen LogP contribution in [-0.4, -0.2) is 38.1 Å². The first kappa shape index (κ1) is 19.7. The summed E-state index contributed by atoms with van der Waals surface area (Å²) in [5.41, 5.74) is 0.220. The molecule has 0 aliphatic rings. The summed E-state index contributed by atoms with van der Waals surface area (Å²) in [5.74, 6) is -1.13. The predicted octanol–water partition coefficient (Wildman–Crippen LogP) is 3.10. The average molecular weight is 293 g/mol. The molecule has 120 valence electrons. The van der Waals surface area contributed by atoms with E-state index in [4.69, 9.17) is 0 Å². The molecular weight excluding hydrogens is 262 g/mol. The zero-order valence-electron chi connectivity index (χ0n) is 14.1. The van der Waals surface area contributed by atoms with Crippen LogP contribution in [0.15, 0.2) is 30.3 Å². The maximum absolute atomic E-state index is 10.1. The van der Waals surface area contributed by atoms with Crippen LogP contribution in [0.25, 0.3) is 0 Å². The number of hydrogen-bond donors (Lipinski definition) is 0. The Morgan fingerprint density at radius 2 is 1.48 bits per heavy atom. The molecule has 0 saturated heterocycles. The molecule has 0 aliphatic carbocycles. The minimum Gasteiger partial charge on any atom is -0.545 e. The van der Waals surface area contributed by atoms with E-state index < -0.39 is 5.97 Å². The third-order valence-electron chi connectivity index (χ3n) is 3.19. The SMILES string of the molecule is CCCCCCCC[N+](C)(C)C.O=C([O-])c1ccccc1. The minimum absolute atomic E-state index is 0.220. The molecule has 0 aliphatic heterocycles. The van der Waals surface area contributed by atoms with Crippen LogP contribution >= 0.6 is 0 Å². The summed E-state index contributed by atoms with van der Waals surface area (Å²) in [6, 6.07) is 8.06. The van der Waals surface area contributed by atoms with Gasteiger partial charge in [-0.2, -0.15) is 0 Å². The van der Waals surface area contributed by atoms with Crippen LogP contribution in [0.5, 0.6) is 0 Å².